The fraction of sp³-hybridized carbons (Fsp3) is 0.125. The summed E-state index contributed by atoms with van der Waals surface area (Å²) in [5, 5.41) is 30.0. The second-order valence-corrected chi connectivity index (χ2v) is 14.3. The zero-order valence-electron chi connectivity index (χ0n) is 30.3. The van der Waals surface area contributed by atoms with E-state index in [0.29, 0.717) is 19.6 Å². The van der Waals surface area contributed by atoms with Crippen molar-refractivity contribution >= 4 is 17.1 Å². The van der Waals surface area contributed by atoms with Gasteiger partial charge in [-0.25, -0.2) is 0 Å². The van der Waals surface area contributed by atoms with Crippen molar-refractivity contribution in [1.29, 1.82) is 0 Å². The van der Waals surface area contributed by atoms with Crippen molar-refractivity contribution in [2.45, 2.75) is 16.6 Å². The molecule has 0 fully saturated rings. The molecule has 3 atom stereocenters. The number of rotatable bonds is 12. The van der Waals surface area contributed by atoms with Crippen molar-refractivity contribution in [3.8, 4) is 0 Å². The molecule has 6 aromatic carbocycles. The van der Waals surface area contributed by atoms with Gasteiger partial charge in [0.1, 0.15) is 16.6 Å². The molecule has 3 heterocycles. The van der Waals surface area contributed by atoms with Gasteiger partial charge >= 0.3 is 0 Å². The highest BCUT2D eigenvalue weighted by molar-refractivity contribution is 5.70. The minimum Gasteiger partial charge on any atom is -0.294 e. The lowest BCUT2D eigenvalue weighted by Crippen LogP contribution is -2.49. The molecule has 0 spiro atoms. The summed E-state index contributed by atoms with van der Waals surface area (Å²) in [6.07, 6.45) is 6.66. The summed E-state index contributed by atoms with van der Waals surface area (Å²) >= 11 is 0. The Hall–Kier alpha value is -6.70. The summed E-state index contributed by atoms with van der Waals surface area (Å²) in [7, 11) is 0. The predicted molar refractivity (Wildman–Crippen MR) is 219 cm³/mol. The van der Waals surface area contributed by atoms with Crippen LogP contribution in [0.5, 0.6) is 0 Å². The Balaban J connectivity index is 1.20. The first-order valence-corrected chi connectivity index (χ1v) is 18.6. The molecule has 3 unspecified atom stereocenters. The smallest absolute Gasteiger partial charge is 0.140 e. The minimum absolute atomic E-state index is 0.494. The van der Waals surface area contributed by atoms with Crippen LogP contribution in [0.2, 0.25) is 0 Å². The largest absolute Gasteiger partial charge is 0.294 e. The maximum absolute atomic E-state index is 5.15. The van der Waals surface area contributed by atoms with Crippen LogP contribution in [0.4, 0.5) is 0 Å². The number of azo groups is 3. The van der Waals surface area contributed by atoms with E-state index >= 15 is 0 Å². The average Bonchev–Trinajstić information content (AvgIpc) is 4.02. The van der Waals surface area contributed by atoms with E-state index in [2.05, 4.69) is 132 Å². The Kier molecular flexibility index (Phi) is 9.06. The normalized spacial score (nSPS) is 22.5. The molecule has 0 aromatic heterocycles. The maximum Gasteiger partial charge on any atom is 0.140 e. The van der Waals surface area contributed by atoms with Crippen LogP contribution in [-0.4, -0.2) is 24.5 Å². The molecule has 55 heavy (non-hydrogen) atoms. The van der Waals surface area contributed by atoms with Gasteiger partial charge in [0.05, 0.1) is 17.1 Å². The molecule has 0 bridgehead atoms. The quantitative estimate of drug-likeness (QED) is 0.124. The molecule has 3 aliphatic rings. The van der Waals surface area contributed by atoms with Crippen molar-refractivity contribution in [3.63, 3.8) is 0 Å². The Morgan fingerprint density at radius 1 is 0.309 bits per heavy atom. The van der Waals surface area contributed by atoms with Gasteiger partial charge < -0.3 is 0 Å². The Labute approximate surface area is 321 Å². The van der Waals surface area contributed by atoms with Crippen LogP contribution in [-0.2, 0) is 16.6 Å². The van der Waals surface area contributed by atoms with Gasteiger partial charge in [-0.3, -0.25) is 4.90 Å². The first kappa shape index (κ1) is 34.1. The second-order valence-electron chi connectivity index (χ2n) is 14.3. The van der Waals surface area contributed by atoms with E-state index < -0.39 is 16.6 Å². The monoisotopic (exact) mass is 713 g/mol. The van der Waals surface area contributed by atoms with Crippen LogP contribution in [0.3, 0.4) is 0 Å². The SMILES string of the molecule is C1=C(c2ccccc2)N=NC1(CN(CC1(c2ccccc2)C=C(c2ccccc2)N=N1)CC1(c2ccccc2)C=C(c2ccccc2)N=N1)c1ccccc1. The van der Waals surface area contributed by atoms with E-state index in [1.54, 1.807) is 0 Å². The highest BCUT2D eigenvalue weighted by Gasteiger charge is 2.45. The van der Waals surface area contributed by atoms with Crippen LogP contribution in [0.25, 0.3) is 17.1 Å². The summed E-state index contributed by atoms with van der Waals surface area (Å²) in [5.74, 6) is 0. The molecule has 266 valence electrons. The van der Waals surface area contributed by atoms with Gasteiger partial charge in [-0.05, 0) is 34.9 Å². The molecule has 0 N–H and O–H groups in total. The lowest BCUT2D eigenvalue weighted by molar-refractivity contribution is 0.170. The van der Waals surface area contributed by atoms with E-state index in [-0.39, 0.29) is 0 Å². The van der Waals surface area contributed by atoms with Gasteiger partial charge in [0, 0.05) is 36.3 Å². The van der Waals surface area contributed by atoms with Crippen molar-refractivity contribution in [2.75, 3.05) is 19.6 Å². The first-order valence-electron chi connectivity index (χ1n) is 18.6. The summed E-state index contributed by atoms with van der Waals surface area (Å²) in [4.78, 5) is 2.45. The Morgan fingerprint density at radius 2 is 0.545 bits per heavy atom. The fourth-order valence-corrected chi connectivity index (χ4v) is 7.83. The summed E-state index contributed by atoms with van der Waals surface area (Å²) < 4.78 is 0. The molecule has 0 saturated heterocycles. The van der Waals surface area contributed by atoms with Crippen molar-refractivity contribution < 1.29 is 0 Å². The highest BCUT2D eigenvalue weighted by Crippen LogP contribution is 2.45. The summed E-state index contributed by atoms with van der Waals surface area (Å²) in [6.45, 7) is 1.48. The summed E-state index contributed by atoms with van der Waals surface area (Å²) in [6, 6.07) is 62.2. The maximum atomic E-state index is 5.15. The van der Waals surface area contributed by atoms with E-state index in [0.717, 1.165) is 50.5 Å². The molecule has 0 saturated carbocycles. The van der Waals surface area contributed by atoms with Crippen LogP contribution in [0.15, 0.2) is 231 Å². The van der Waals surface area contributed by atoms with Crippen LogP contribution in [0.1, 0.15) is 33.4 Å². The third-order valence-corrected chi connectivity index (χ3v) is 10.6. The molecule has 0 radical (unpaired) electrons. The zero-order chi connectivity index (χ0) is 37.0. The van der Waals surface area contributed by atoms with E-state index in [4.69, 9.17) is 30.7 Å². The summed E-state index contributed by atoms with van der Waals surface area (Å²) in [5.41, 5.74) is 6.38. The number of hydrogen-bond acceptors (Lipinski definition) is 7. The molecule has 6 aromatic rings. The van der Waals surface area contributed by atoms with Crippen molar-refractivity contribution in [3.05, 3.63) is 234 Å². The fourth-order valence-electron chi connectivity index (χ4n) is 7.83. The highest BCUT2D eigenvalue weighted by atomic mass is 15.3. The lowest BCUT2D eigenvalue weighted by Gasteiger charge is -2.39. The van der Waals surface area contributed by atoms with Gasteiger partial charge in [0.15, 0.2) is 0 Å². The van der Waals surface area contributed by atoms with Crippen molar-refractivity contribution in [2.24, 2.45) is 30.7 Å². The van der Waals surface area contributed by atoms with Gasteiger partial charge in [-0.15, -0.1) is 0 Å². The first-order chi connectivity index (χ1) is 27.1. The lowest BCUT2D eigenvalue weighted by atomic mass is 9.83. The standard InChI is InChI=1S/C48H39N7/c1-7-19-37(20-8-1)43-31-46(52-49-43,40-25-13-4-14-26-40)34-55(35-47(41-27-15-5-16-28-41)32-44(50-53-47)38-21-9-2-10-22-38)36-48(42-29-17-6-18-30-42)33-45(51-54-48)39-23-11-3-12-24-39/h1-33H,34-36H2. The molecule has 7 nitrogen and oxygen atoms in total. The van der Waals surface area contributed by atoms with E-state index in [1.165, 1.54) is 0 Å². The third kappa shape index (κ3) is 6.82. The number of hydrogen-bond donors (Lipinski definition) is 0. The molecular weight excluding hydrogens is 675 g/mol. The van der Waals surface area contributed by atoms with E-state index in [9.17, 15) is 0 Å². The number of nitrogens with zero attached hydrogens (tertiary/aromatic N) is 7. The van der Waals surface area contributed by atoms with Gasteiger partial charge in [-0.2, -0.15) is 30.7 Å². The average molecular weight is 714 g/mol. The molecule has 9 rings (SSSR count). The number of benzene rings is 6. The molecular formula is C48H39N7. The molecule has 0 aliphatic carbocycles. The van der Waals surface area contributed by atoms with Crippen LogP contribution >= 0.6 is 0 Å². The van der Waals surface area contributed by atoms with Gasteiger partial charge in [0.2, 0.25) is 0 Å². The van der Waals surface area contributed by atoms with Crippen molar-refractivity contribution in [1.82, 2.24) is 4.90 Å². The van der Waals surface area contributed by atoms with Crippen LogP contribution < -0.4 is 0 Å². The zero-order valence-corrected chi connectivity index (χ0v) is 30.3. The van der Waals surface area contributed by atoms with Crippen LogP contribution in [0, 0.1) is 0 Å². The van der Waals surface area contributed by atoms with Gasteiger partial charge in [0.25, 0.3) is 0 Å². The Bertz CT molecular complexity index is 2170. The third-order valence-electron chi connectivity index (χ3n) is 10.6. The van der Waals surface area contributed by atoms with Gasteiger partial charge in [-0.1, -0.05) is 182 Å². The van der Waals surface area contributed by atoms with E-state index in [1.807, 2.05) is 72.8 Å². The second kappa shape index (κ2) is 14.6. The molecule has 7 heteroatoms. The predicted octanol–water partition coefficient (Wildman–Crippen LogP) is 11.5. The minimum atomic E-state index is -0.800. The molecule has 3 aliphatic heterocycles. The molecule has 0 amide bonds. The topological polar surface area (TPSA) is 77.4 Å². The Morgan fingerprint density at radius 3 is 0.800 bits per heavy atom.